The van der Waals surface area contributed by atoms with Gasteiger partial charge in [0.05, 0.1) is 0 Å². The van der Waals surface area contributed by atoms with Crippen molar-refractivity contribution in [1.82, 2.24) is 0 Å². The van der Waals surface area contributed by atoms with Crippen LogP contribution in [-0.4, -0.2) is 6.18 Å². The van der Waals surface area contributed by atoms with Crippen molar-refractivity contribution in [2.45, 2.75) is 19.0 Å². The summed E-state index contributed by atoms with van der Waals surface area (Å²) in [6, 6.07) is 4.00. The molecule has 0 atom stereocenters. The van der Waals surface area contributed by atoms with E-state index in [0.717, 1.165) is 12.1 Å². The minimum atomic E-state index is -5.56. The summed E-state index contributed by atoms with van der Waals surface area (Å²) in [5.41, 5.74) is -0.475. The monoisotopic (exact) mass is 236 g/mol. The predicted octanol–water partition coefficient (Wildman–Crippen LogP) is 4.37. The molecule has 1 rings (SSSR count). The Morgan fingerprint density at radius 2 is 1.44 bits per heavy atom. The number of rotatable bonds is 2. The molecule has 0 unspecified atom stereocenters. The van der Waals surface area contributed by atoms with Crippen LogP contribution in [-0.2, 0) is 5.92 Å². The van der Waals surface area contributed by atoms with Gasteiger partial charge in [0.1, 0.15) is 0 Å². The van der Waals surface area contributed by atoms with Crippen molar-refractivity contribution in [2.24, 2.45) is 0 Å². The van der Waals surface area contributed by atoms with Gasteiger partial charge in [-0.1, -0.05) is 36.4 Å². The van der Waals surface area contributed by atoms with Crippen LogP contribution in [0.2, 0.25) is 0 Å². The van der Waals surface area contributed by atoms with Crippen LogP contribution in [0, 0.1) is 0 Å². The van der Waals surface area contributed by atoms with Gasteiger partial charge in [0.25, 0.3) is 0 Å². The third-order valence-corrected chi connectivity index (χ3v) is 1.99. The van der Waals surface area contributed by atoms with Crippen molar-refractivity contribution < 1.29 is 22.0 Å². The van der Waals surface area contributed by atoms with Crippen LogP contribution >= 0.6 is 0 Å². The molecule has 0 nitrogen and oxygen atoms in total. The number of alkyl halides is 5. The number of benzene rings is 1. The molecule has 0 saturated carbocycles. The van der Waals surface area contributed by atoms with Gasteiger partial charge in [0.15, 0.2) is 0 Å². The second kappa shape index (κ2) is 4.23. The molecule has 0 bridgehead atoms. The molecule has 0 aliphatic carbocycles. The number of allylic oxidation sites excluding steroid dienone is 1. The van der Waals surface area contributed by atoms with E-state index in [1.54, 1.807) is 19.1 Å². The lowest BCUT2D eigenvalue weighted by Crippen LogP contribution is -2.33. The molecule has 0 N–H and O–H groups in total. The van der Waals surface area contributed by atoms with Gasteiger partial charge in [-0.15, -0.1) is 0 Å². The van der Waals surface area contributed by atoms with E-state index in [2.05, 4.69) is 0 Å². The lowest BCUT2D eigenvalue weighted by Gasteiger charge is -2.19. The van der Waals surface area contributed by atoms with Gasteiger partial charge in [0, 0.05) is 5.56 Å². The third-order valence-electron chi connectivity index (χ3n) is 1.99. The Morgan fingerprint density at radius 3 is 1.81 bits per heavy atom. The fraction of sp³-hybridized carbons (Fsp3) is 0.273. The minimum absolute atomic E-state index is 0.573. The Kier molecular flexibility index (Phi) is 3.35. The molecule has 0 amide bonds. The highest BCUT2D eigenvalue weighted by molar-refractivity contribution is 5.49. The fourth-order valence-corrected chi connectivity index (χ4v) is 1.16. The maximum Gasteiger partial charge on any atom is 0.458 e. The first-order chi connectivity index (χ1) is 7.29. The molecule has 88 valence electrons. The van der Waals surface area contributed by atoms with Crippen molar-refractivity contribution in [1.29, 1.82) is 0 Å². The normalized spacial score (nSPS) is 13.4. The molecule has 1 aromatic carbocycles. The molecule has 0 aliphatic rings. The third kappa shape index (κ3) is 2.40. The largest absolute Gasteiger partial charge is 0.458 e. The summed E-state index contributed by atoms with van der Waals surface area (Å²) >= 11 is 0. The van der Waals surface area contributed by atoms with Crippen LogP contribution in [0.4, 0.5) is 22.0 Å². The second-order valence-corrected chi connectivity index (χ2v) is 3.19. The van der Waals surface area contributed by atoms with Crippen LogP contribution in [0.1, 0.15) is 18.1 Å². The molecule has 0 heterocycles. The number of halogens is 5. The highest BCUT2D eigenvalue weighted by atomic mass is 19.4. The summed E-state index contributed by atoms with van der Waals surface area (Å²) in [5, 5.41) is 0. The zero-order valence-corrected chi connectivity index (χ0v) is 8.35. The molecule has 5 heteroatoms. The summed E-state index contributed by atoms with van der Waals surface area (Å²) < 4.78 is 61.7. The van der Waals surface area contributed by atoms with Crippen LogP contribution < -0.4 is 0 Å². The first-order valence-corrected chi connectivity index (χ1v) is 4.47. The lowest BCUT2D eigenvalue weighted by atomic mass is 10.1. The zero-order chi connectivity index (χ0) is 12.4. The van der Waals surface area contributed by atoms with Crippen LogP contribution in [0.3, 0.4) is 0 Å². The first-order valence-electron chi connectivity index (χ1n) is 4.47. The first kappa shape index (κ1) is 12.7. The van der Waals surface area contributed by atoms with Crippen LogP contribution in [0.25, 0.3) is 6.08 Å². The minimum Gasteiger partial charge on any atom is -0.191 e. The maximum absolute atomic E-state index is 12.8. The van der Waals surface area contributed by atoms with Gasteiger partial charge in [-0.3, -0.25) is 0 Å². The quantitative estimate of drug-likeness (QED) is 0.668. The predicted molar refractivity (Wildman–Crippen MR) is 51.1 cm³/mol. The standard InChI is InChI=1S/C11H9F5/c1-2-3-8-4-6-9(7-5-8)10(12,13)11(14,15)16/h2-7H,1H3. The Bertz CT molecular complexity index is 372. The van der Waals surface area contributed by atoms with E-state index < -0.39 is 17.7 Å². The van der Waals surface area contributed by atoms with E-state index in [4.69, 9.17) is 0 Å². The summed E-state index contributed by atoms with van der Waals surface area (Å²) in [6.07, 6.45) is -2.29. The van der Waals surface area contributed by atoms with Gasteiger partial charge in [-0.05, 0) is 12.5 Å². The van der Waals surface area contributed by atoms with Crippen molar-refractivity contribution in [2.75, 3.05) is 0 Å². The molecule has 0 saturated heterocycles. The zero-order valence-electron chi connectivity index (χ0n) is 8.35. The molecule has 0 radical (unpaired) electrons. The number of hydrogen-bond donors (Lipinski definition) is 0. The van der Waals surface area contributed by atoms with E-state index in [0.29, 0.717) is 5.56 Å². The van der Waals surface area contributed by atoms with Crippen molar-refractivity contribution in [3.63, 3.8) is 0 Å². The molecule has 16 heavy (non-hydrogen) atoms. The summed E-state index contributed by atoms with van der Waals surface area (Å²) in [6.45, 7) is 1.72. The Balaban J connectivity index is 3.06. The van der Waals surface area contributed by atoms with Gasteiger partial charge in [-0.25, -0.2) is 0 Å². The fourth-order valence-electron chi connectivity index (χ4n) is 1.16. The summed E-state index contributed by atoms with van der Waals surface area (Å²) in [4.78, 5) is 0. The van der Waals surface area contributed by atoms with Crippen LogP contribution in [0.5, 0.6) is 0 Å². The van der Waals surface area contributed by atoms with Crippen molar-refractivity contribution in [3.8, 4) is 0 Å². The average molecular weight is 236 g/mol. The SMILES string of the molecule is CC=Cc1ccc(C(F)(F)C(F)(F)F)cc1. The van der Waals surface area contributed by atoms with Crippen molar-refractivity contribution in [3.05, 3.63) is 41.5 Å². The van der Waals surface area contributed by atoms with Gasteiger partial charge < -0.3 is 0 Å². The molecule has 0 fully saturated rings. The van der Waals surface area contributed by atoms with E-state index in [1.807, 2.05) is 0 Å². The van der Waals surface area contributed by atoms with E-state index >= 15 is 0 Å². The molecular formula is C11H9F5. The Labute approximate surface area is 89.4 Å². The topological polar surface area (TPSA) is 0 Å². The highest BCUT2D eigenvalue weighted by Gasteiger charge is 2.58. The molecule has 1 aromatic rings. The lowest BCUT2D eigenvalue weighted by molar-refractivity contribution is -0.289. The Hall–Kier alpha value is -1.39. The van der Waals surface area contributed by atoms with Gasteiger partial charge >= 0.3 is 12.1 Å². The van der Waals surface area contributed by atoms with E-state index in [1.165, 1.54) is 12.1 Å². The molecule has 0 aromatic heterocycles. The highest BCUT2D eigenvalue weighted by Crippen LogP contribution is 2.43. The molecule has 0 aliphatic heterocycles. The van der Waals surface area contributed by atoms with Crippen LogP contribution in [0.15, 0.2) is 30.3 Å². The van der Waals surface area contributed by atoms with E-state index in [-0.39, 0.29) is 0 Å². The van der Waals surface area contributed by atoms with Gasteiger partial charge in [-0.2, -0.15) is 22.0 Å². The van der Waals surface area contributed by atoms with Crippen molar-refractivity contribution >= 4 is 6.08 Å². The average Bonchev–Trinajstić information content (AvgIpc) is 2.17. The smallest absolute Gasteiger partial charge is 0.191 e. The second-order valence-electron chi connectivity index (χ2n) is 3.19. The number of hydrogen-bond acceptors (Lipinski definition) is 0. The summed E-state index contributed by atoms with van der Waals surface area (Å²) in [5.74, 6) is -4.80. The maximum atomic E-state index is 12.8. The Morgan fingerprint density at radius 1 is 0.938 bits per heavy atom. The summed E-state index contributed by atoms with van der Waals surface area (Å²) in [7, 11) is 0. The van der Waals surface area contributed by atoms with Gasteiger partial charge in [0.2, 0.25) is 0 Å². The molecule has 0 spiro atoms. The van der Waals surface area contributed by atoms with E-state index in [9.17, 15) is 22.0 Å². The molecular weight excluding hydrogens is 227 g/mol.